The lowest BCUT2D eigenvalue weighted by Gasteiger charge is -2.09. The van der Waals surface area contributed by atoms with Crippen molar-refractivity contribution < 1.29 is 19.6 Å². The van der Waals surface area contributed by atoms with Crippen LogP contribution in [0.5, 0.6) is 11.6 Å². The second kappa shape index (κ2) is 5.88. The van der Waals surface area contributed by atoms with Crippen LogP contribution in [0.15, 0.2) is 34.9 Å². The number of benzene rings is 1. The Kier molecular flexibility index (Phi) is 4.18. The van der Waals surface area contributed by atoms with E-state index in [9.17, 15) is 14.9 Å². The topological polar surface area (TPSA) is 103 Å². The van der Waals surface area contributed by atoms with Crippen LogP contribution < -0.4 is 4.74 Å². The van der Waals surface area contributed by atoms with Crippen LogP contribution in [0.1, 0.15) is 15.9 Å². The van der Waals surface area contributed by atoms with E-state index in [-0.39, 0.29) is 11.4 Å². The van der Waals surface area contributed by atoms with Crippen LogP contribution in [-0.2, 0) is 0 Å². The Labute approximate surface area is 127 Å². The molecule has 0 fully saturated rings. The minimum atomic E-state index is -1.36. The van der Waals surface area contributed by atoms with Gasteiger partial charge < -0.3 is 9.84 Å². The lowest BCUT2D eigenvalue weighted by molar-refractivity contribution is -0.385. The van der Waals surface area contributed by atoms with Gasteiger partial charge in [0.05, 0.1) is 9.40 Å². The van der Waals surface area contributed by atoms with Gasteiger partial charge in [-0.2, -0.15) is 0 Å². The number of nitro groups is 1. The summed E-state index contributed by atoms with van der Waals surface area (Å²) in [5.41, 5.74) is 0.198. The molecular formula is C13H9BrN2O5. The van der Waals surface area contributed by atoms with Gasteiger partial charge in [0, 0.05) is 6.07 Å². The molecule has 0 saturated heterocycles. The summed E-state index contributed by atoms with van der Waals surface area (Å²) in [6, 6.07) is 6.13. The van der Waals surface area contributed by atoms with E-state index in [2.05, 4.69) is 20.9 Å². The van der Waals surface area contributed by atoms with Crippen LogP contribution in [0, 0.1) is 17.0 Å². The number of aromatic nitrogens is 1. The van der Waals surface area contributed by atoms with Crippen molar-refractivity contribution in [3.8, 4) is 11.6 Å². The minimum Gasteiger partial charge on any atom is -0.477 e. The SMILES string of the molecule is Cc1ccc(Oc2ncc([N+](=O)[O-])cc2C(=O)O)c(Br)c1. The Morgan fingerprint density at radius 3 is 2.71 bits per heavy atom. The molecule has 0 aliphatic rings. The Hall–Kier alpha value is -2.48. The van der Waals surface area contributed by atoms with Gasteiger partial charge in [0.15, 0.2) is 0 Å². The smallest absolute Gasteiger partial charge is 0.341 e. The third kappa shape index (κ3) is 3.34. The molecule has 0 atom stereocenters. The van der Waals surface area contributed by atoms with Crippen LogP contribution in [0.4, 0.5) is 5.69 Å². The largest absolute Gasteiger partial charge is 0.477 e. The molecule has 2 aromatic rings. The number of ether oxygens (including phenoxy) is 1. The highest BCUT2D eigenvalue weighted by Crippen LogP contribution is 2.32. The molecule has 2 rings (SSSR count). The van der Waals surface area contributed by atoms with Crippen molar-refractivity contribution in [2.24, 2.45) is 0 Å². The standard InChI is InChI=1S/C13H9BrN2O5/c1-7-2-3-11(10(14)4-7)21-12-9(13(17)18)5-8(6-15-12)16(19)20/h2-6H,1H3,(H,17,18). The summed E-state index contributed by atoms with van der Waals surface area (Å²) in [6.45, 7) is 1.89. The van der Waals surface area contributed by atoms with Crippen LogP contribution in [0.3, 0.4) is 0 Å². The molecule has 8 heteroatoms. The average Bonchev–Trinajstić information content (AvgIpc) is 2.41. The van der Waals surface area contributed by atoms with E-state index in [4.69, 9.17) is 9.84 Å². The van der Waals surface area contributed by atoms with E-state index in [0.29, 0.717) is 10.2 Å². The first kappa shape index (κ1) is 14.9. The lowest BCUT2D eigenvalue weighted by atomic mass is 10.2. The number of hydrogen-bond acceptors (Lipinski definition) is 5. The zero-order valence-corrected chi connectivity index (χ0v) is 12.3. The highest BCUT2D eigenvalue weighted by atomic mass is 79.9. The maximum atomic E-state index is 11.2. The molecule has 1 aromatic carbocycles. The van der Waals surface area contributed by atoms with Crippen molar-refractivity contribution in [2.45, 2.75) is 6.92 Å². The first-order valence-electron chi connectivity index (χ1n) is 5.70. The Morgan fingerprint density at radius 2 is 2.14 bits per heavy atom. The minimum absolute atomic E-state index is 0.211. The molecule has 0 spiro atoms. The summed E-state index contributed by atoms with van der Waals surface area (Å²) in [5, 5.41) is 19.8. The summed E-state index contributed by atoms with van der Waals surface area (Å²) in [7, 11) is 0. The first-order chi connectivity index (χ1) is 9.88. The normalized spacial score (nSPS) is 10.2. The fourth-order valence-corrected chi connectivity index (χ4v) is 2.14. The number of aromatic carboxylic acids is 1. The molecule has 0 aliphatic carbocycles. The number of rotatable bonds is 4. The maximum Gasteiger partial charge on any atom is 0.341 e. The number of hydrogen-bond donors (Lipinski definition) is 1. The molecule has 7 nitrogen and oxygen atoms in total. The summed E-state index contributed by atoms with van der Waals surface area (Å²) < 4.78 is 6.05. The number of carboxylic acid groups (broad SMARTS) is 1. The zero-order chi connectivity index (χ0) is 15.6. The Balaban J connectivity index is 2.44. The molecular weight excluding hydrogens is 344 g/mol. The molecule has 0 amide bonds. The second-order valence-electron chi connectivity index (χ2n) is 4.14. The second-order valence-corrected chi connectivity index (χ2v) is 5.00. The van der Waals surface area contributed by atoms with E-state index < -0.39 is 16.6 Å². The van der Waals surface area contributed by atoms with E-state index in [0.717, 1.165) is 17.8 Å². The lowest BCUT2D eigenvalue weighted by Crippen LogP contribution is -2.04. The van der Waals surface area contributed by atoms with Crippen molar-refractivity contribution in [3.63, 3.8) is 0 Å². The van der Waals surface area contributed by atoms with Crippen LogP contribution >= 0.6 is 15.9 Å². The molecule has 0 bridgehead atoms. The Bertz CT molecular complexity index is 732. The number of aryl methyl sites for hydroxylation is 1. The molecule has 1 heterocycles. The number of carbonyl (C=O) groups is 1. The predicted octanol–water partition coefficient (Wildman–Crippen LogP) is 3.55. The van der Waals surface area contributed by atoms with Crippen molar-refractivity contribution in [1.29, 1.82) is 0 Å². The highest BCUT2D eigenvalue weighted by Gasteiger charge is 2.19. The van der Waals surface area contributed by atoms with E-state index in [1.165, 1.54) is 0 Å². The van der Waals surface area contributed by atoms with E-state index >= 15 is 0 Å². The van der Waals surface area contributed by atoms with Crippen molar-refractivity contribution in [1.82, 2.24) is 4.98 Å². The molecule has 108 valence electrons. The van der Waals surface area contributed by atoms with Gasteiger partial charge in [-0.1, -0.05) is 6.07 Å². The van der Waals surface area contributed by atoms with Gasteiger partial charge in [-0.05, 0) is 40.5 Å². The fraction of sp³-hybridized carbons (Fsp3) is 0.0769. The number of halogens is 1. The van der Waals surface area contributed by atoms with Crippen molar-refractivity contribution >= 4 is 27.6 Å². The van der Waals surface area contributed by atoms with Gasteiger partial charge in [-0.15, -0.1) is 0 Å². The summed E-state index contributed by atoms with van der Waals surface area (Å²) >= 11 is 3.30. The molecule has 1 N–H and O–H groups in total. The van der Waals surface area contributed by atoms with E-state index in [1.54, 1.807) is 18.2 Å². The van der Waals surface area contributed by atoms with Crippen molar-refractivity contribution in [2.75, 3.05) is 0 Å². The zero-order valence-electron chi connectivity index (χ0n) is 10.7. The molecule has 0 aliphatic heterocycles. The van der Waals surface area contributed by atoms with Gasteiger partial charge in [-0.25, -0.2) is 9.78 Å². The number of pyridine rings is 1. The number of carboxylic acids is 1. The summed E-state index contributed by atoms with van der Waals surface area (Å²) in [4.78, 5) is 24.8. The Morgan fingerprint density at radius 1 is 1.43 bits per heavy atom. The average molecular weight is 353 g/mol. The summed E-state index contributed by atoms with van der Waals surface area (Å²) in [5.74, 6) is -1.20. The molecule has 1 aromatic heterocycles. The van der Waals surface area contributed by atoms with Crippen LogP contribution in [-0.4, -0.2) is 21.0 Å². The molecule has 0 radical (unpaired) electrons. The highest BCUT2D eigenvalue weighted by molar-refractivity contribution is 9.10. The number of nitrogens with zero attached hydrogens (tertiary/aromatic N) is 2. The van der Waals surface area contributed by atoms with Gasteiger partial charge in [0.1, 0.15) is 17.5 Å². The maximum absolute atomic E-state index is 11.2. The molecule has 0 unspecified atom stereocenters. The van der Waals surface area contributed by atoms with Gasteiger partial charge >= 0.3 is 5.97 Å². The van der Waals surface area contributed by atoms with Gasteiger partial charge in [0.25, 0.3) is 5.69 Å². The third-order valence-corrected chi connectivity index (χ3v) is 3.19. The predicted molar refractivity (Wildman–Crippen MR) is 76.8 cm³/mol. The van der Waals surface area contributed by atoms with Crippen molar-refractivity contribution in [3.05, 3.63) is 56.2 Å². The fourth-order valence-electron chi connectivity index (χ4n) is 1.57. The molecule has 21 heavy (non-hydrogen) atoms. The summed E-state index contributed by atoms with van der Waals surface area (Å²) in [6.07, 6.45) is 0.948. The van der Waals surface area contributed by atoms with E-state index in [1.807, 2.05) is 6.92 Å². The quantitative estimate of drug-likeness (QED) is 0.666. The van der Waals surface area contributed by atoms with Gasteiger partial charge in [0.2, 0.25) is 5.88 Å². The van der Waals surface area contributed by atoms with Gasteiger partial charge in [-0.3, -0.25) is 10.1 Å². The first-order valence-corrected chi connectivity index (χ1v) is 6.49. The third-order valence-electron chi connectivity index (χ3n) is 2.57. The molecule has 0 saturated carbocycles. The van der Waals surface area contributed by atoms with Crippen LogP contribution in [0.25, 0.3) is 0 Å². The monoisotopic (exact) mass is 352 g/mol. The van der Waals surface area contributed by atoms with Crippen LogP contribution in [0.2, 0.25) is 0 Å².